The van der Waals surface area contributed by atoms with Crippen molar-refractivity contribution >= 4 is 15.7 Å². The maximum Gasteiger partial charge on any atom is 0.430 e. The number of hydrogen-bond acceptors (Lipinski definition) is 5. The molecule has 4 aliphatic rings. The van der Waals surface area contributed by atoms with E-state index >= 15 is 0 Å². The van der Waals surface area contributed by atoms with Gasteiger partial charge in [-0.25, -0.2) is 21.6 Å². The first-order chi connectivity index (χ1) is 23.9. The molecule has 1 saturated carbocycles. The minimum absolute atomic E-state index is 0.0360. The highest BCUT2D eigenvalue weighted by atomic mass is 32.2. The molecule has 3 aliphatic heterocycles. The van der Waals surface area contributed by atoms with Gasteiger partial charge in [-0.05, 0) is 74.1 Å². The van der Waals surface area contributed by atoms with Crippen molar-refractivity contribution in [1.29, 1.82) is 0 Å². The monoisotopic (exact) mass is 749 g/mol. The number of alkyl halides is 6. The maximum absolute atomic E-state index is 14.5. The molecule has 0 N–H and O–H groups in total. The van der Waals surface area contributed by atoms with E-state index in [9.17, 15) is 52.7 Å². The summed E-state index contributed by atoms with van der Waals surface area (Å²) in [6.07, 6.45) is -11.0. The molecule has 0 spiro atoms. The van der Waals surface area contributed by atoms with Crippen molar-refractivity contribution < 1.29 is 62.2 Å². The second kappa shape index (κ2) is 13.7. The van der Waals surface area contributed by atoms with Gasteiger partial charge in [0.15, 0.2) is 9.84 Å². The molecule has 0 aromatic heterocycles. The topological polar surface area (TPSA) is 72.9 Å². The fraction of sp³-hybridized carbons (Fsp3) is 0.457. The van der Waals surface area contributed by atoms with Crippen LogP contribution in [0.3, 0.4) is 0 Å². The number of fused-ring (bicyclic) bond motifs is 3. The number of benzene rings is 3. The fourth-order valence-electron chi connectivity index (χ4n) is 7.49. The van der Waals surface area contributed by atoms with E-state index in [0.717, 1.165) is 55.3 Å². The molecule has 276 valence electrons. The van der Waals surface area contributed by atoms with Crippen LogP contribution in [0.15, 0.2) is 71.6 Å². The van der Waals surface area contributed by atoms with Gasteiger partial charge in [-0.3, -0.25) is 4.79 Å². The van der Waals surface area contributed by atoms with Crippen LogP contribution in [0.2, 0.25) is 0 Å². The van der Waals surface area contributed by atoms with E-state index in [1.54, 1.807) is 4.90 Å². The number of carbonyl (C=O) groups is 1. The predicted molar refractivity (Wildman–Crippen MR) is 163 cm³/mol. The molecule has 3 heterocycles. The van der Waals surface area contributed by atoms with Gasteiger partial charge < -0.3 is 14.4 Å². The average molecular weight is 750 g/mol. The molecule has 3 aromatic rings. The van der Waals surface area contributed by atoms with Crippen molar-refractivity contribution in [3.8, 4) is 0 Å². The number of rotatable bonds is 8. The molecule has 6 nitrogen and oxygen atoms in total. The number of morpholine rings is 1. The molecule has 51 heavy (non-hydrogen) atoms. The van der Waals surface area contributed by atoms with Gasteiger partial charge in [0.2, 0.25) is 5.91 Å². The third-order valence-corrected chi connectivity index (χ3v) is 12.5. The Balaban J connectivity index is 1.37. The minimum atomic E-state index is -6.18. The molecule has 7 rings (SSSR count). The van der Waals surface area contributed by atoms with E-state index < -0.39 is 80.1 Å². The van der Waals surface area contributed by atoms with E-state index in [-0.39, 0.29) is 47.8 Å². The Morgan fingerprint density at radius 1 is 0.824 bits per heavy atom. The van der Waals surface area contributed by atoms with Crippen LogP contribution < -0.4 is 0 Å². The summed E-state index contributed by atoms with van der Waals surface area (Å²) in [5.74, 6) is -5.56. The van der Waals surface area contributed by atoms with Crippen molar-refractivity contribution in [2.75, 3.05) is 13.2 Å². The second-order valence-corrected chi connectivity index (χ2v) is 15.3. The molecule has 1 aliphatic carbocycles. The lowest BCUT2D eigenvalue weighted by Gasteiger charge is -2.47. The quantitative estimate of drug-likeness (QED) is 0.174. The van der Waals surface area contributed by atoms with Gasteiger partial charge in [0.1, 0.15) is 17.5 Å². The van der Waals surface area contributed by atoms with Gasteiger partial charge in [0.05, 0.1) is 35.5 Å². The van der Waals surface area contributed by atoms with E-state index in [1.807, 2.05) is 0 Å². The fourth-order valence-corrected chi connectivity index (χ4v) is 9.51. The average Bonchev–Trinajstić information content (AvgIpc) is 3.09. The highest BCUT2D eigenvalue weighted by Gasteiger charge is 2.73. The first kappa shape index (κ1) is 37.1. The van der Waals surface area contributed by atoms with Crippen molar-refractivity contribution in [1.82, 2.24) is 4.90 Å². The Morgan fingerprint density at radius 3 is 1.98 bits per heavy atom. The van der Waals surface area contributed by atoms with Crippen LogP contribution in [0, 0.1) is 23.4 Å². The third kappa shape index (κ3) is 6.86. The number of piperidine rings is 1. The Bertz CT molecular complexity index is 1810. The van der Waals surface area contributed by atoms with E-state index in [4.69, 9.17) is 4.74 Å². The van der Waals surface area contributed by atoms with Gasteiger partial charge in [0, 0.05) is 29.5 Å². The van der Waals surface area contributed by atoms with Crippen molar-refractivity contribution in [2.24, 2.45) is 5.92 Å². The summed E-state index contributed by atoms with van der Waals surface area (Å²) in [6.45, 7) is -1.03. The molecular weight excluding hydrogens is 717 g/mol. The number of ether oxygens (including phenoxy) is 2. The Morgan fingerprint density at radius 2 is 1.45 bits per heavy atom. The van der Waals surface area contributed by atoms with Crippen LogP contribution in [0.5, 0.6) is 0 Å². The number of halogens is 9. The summed E-state index contributed by atoms with van der Waals surface area (Å²) >= 11 is 0. The van der Waals surface area contributed by atoms with Gasteiger partial charge in [0.25, 0.3) is 5.60 Å². The highest BCUT2D eigenvalue weighted by Crippen LogP contribution is 2.54. The van der Waals surface area contributed by atoms with Crippen LogP contribution in [-0.2, 0) is 36.3 Å². The smallest absolute Gasteiger partial charge is 0.374 e. The summed E-state index contributed by atoms with van der Waals surface area (Å²) in [5, 5.41) is -1.27. The van der Waals surface area contributed by atoms with E-state index in [2.05, 4.69) is 4.74 Å². The van der Waals surface area contributed by atoms with Gasteiger partial charge in [-0.1, -0.05) is 30.3 Å². The van der Waals surface area contributed by atoms with Crippen LogP contribution in [0.25, 0.3) is 0 Å². The first-order valence-electron chi connectivity index (χ1n) is 16.2. The molecule has 16 heteroatoms. The van der Waals surface area contributed by atoms with E-state index in [1.165, 1.54) is 0 Å². The zero-order chi connectivity index (χ0) is 36.9. The second-order valence-electron chi connectivity index (χ2n) is 13.1. The molecule has 3 aromatic carbocycles. The summed E-state index contributed by atoms with van der Waals surface area (Å²) in [6, 6.07) is 8.83. The van der Waals surface area contributed by atoms with Crippen LogP contribution >= 0.6 is 0 Å². The van der Waals surface area contributed by atoms with Crippen molar-refractivity contribution in [2.45, 2.75) is 84.9 Å². The SMILES string of the molecule is O=C([C@H]1CCC(S(=O)(=O)c2ccc(F)cc2)C(c2ccc(C(OCc3c(F)cccc3F)(C(F)(F)F)C(F)(F)F)cc2)C1)N1CC2CCC1CO2. The predicted octanol–water partition coefficient (Wildman–Crippen LogP) is 7.76. The van der Waals surface area contributed by atoms with Gasteiger partial charge in [-0.15, -0.1) is 0 Å². The van der Waals surface area contributed by atoms with Crippen molar-refractivity contribution in [3.05, 3.63) is 101 Å². The summed E-state index contributed by atoms with van der Waals surface area (Å²) in [4.78, 5) is 15.2. The van der Waals surface area contributed by atoms with E-state index in [0.29, 0.717) is 37.4 Å². The Kier molecular flexibility index (Phi) is 10.00. The standard InChI is InChI=1S/C35H32F9NO5S/c36-23-9-13-26(14-10-23)51(47,48)31-15-6-21(32(46)45-17-25-12-11-24(45)18-49-25)16-27(31)20-4-7-22(8-5-20)33(34(39,40)41,35(42,43)44)50-19-28-29(37)2-1-3-30(28)38/h1-5,7-10,13-14,21,24-25,27,31H,6,11-12,15-19H2/t21-,24?,25?,27?,31?/m0/s1. The maximum atomic E-state index is 14.5. The van der Waals surface area contributed by atoms with Crippen LogP contribution in [0.1, 0.15) is 54.7 Å². The normalized spacial score (nSPS) is 24.5. The lowest BCUT2D eigenvalue weighted by atomic mass is 9.76. The van der Waals surface area contributed by atoms with Gasteiger partial charge >= 0.3 is 12.4 Å². The number of amides is 1. The molecule has 0 radical (unpaired) electrons. The Hall–Kier alpha value is -3.63. The van der Waals surface area contributed by atoms with Crippen LogP contribution in [0.4, 0.5) is 39.5 Å². The zero-order valence-corrected chi connectivity index (χ0v) is 27.5. The van der Waals surface area contributed by atoms with Gasteiger partial charge in [-0.2, -0.15) is 26.3 Å². The lowest BCUT2D eigenvalue weighted by Crippen LogP contribution is -2.58. The molecule has 3 saturated heterocycles. The molecular formula is C35H32F9NO5S. The number of hydrogen-bond donors (Lipinski definition) is 0. The molecule has 1 amide bonds. The first-order valence-corrected chi connectivity index (χ1v) is 17.7. The highest BCUT2D eigenvalue weighted by molar-refractivity contribution is 7.92. The van der Waals surface area contributed by atoms with Crippen molar-refractivity contribution in [3.63, 3.8) is 0 Å². The minimum Gasteiger partial charge on any atom is -0.374 e. The third-order valence-electron chi connectivity index (χ3n) is 10.2. The molecule has 2 bridgehead atoms. The lowest BCUT2D eigenvalue weighted by molar-refractivity contribution is -0.392. The molecule has 5 atom stereocenters. The Labute approximate surface area is 287 Å². The molecule has 4 unspecified atom stereocenters. The summed E-state index contributed by atoms with van der Waals surface area (Å²) in [5.41, 5.74) is -7.61. The number of nitrogens with zero attached hydrogens (tertiary/aromatic N) is 1. The zero-order valence-electron chi connectivity index (χ0n) is 26.7. The largest absolute Gasteiger partial charge is 0.430 e. The summed E-state index contributed by atoms with van der Waals surface area (Å²) in [7, 11) is -4.26. The summed E-state index contributed by atoms with van der Waals surface area (Å²) < 4.78 is 167. The number of sulfone groups is 1. The molecule has 4 fully saturated rings. The van der Waals surface area contributed by atoms with Crippen LogP contribution in [-0.4, -0.2) is 62.1 Å². The number of carbonyl (C=O) groups excluding carboxylic acids is 1.